The summed E-state index contributed by atoms with van der Waals surface area (Å²) in [6.07, 6.45) is 5.60. The maximum absolute atomic E-state index is 6.44. The third-order valence-corrected chi connectivity index (χ3v) is 6.14. The third kappa shape index (κ3) is 3.85. The van der Waals surface area contributed by atoms with Gasteiger partial charge in [0.2, 0.25) is 0 Å². The normalized spacial score (nSPS) is 20.3. The zero-order valence-electron chi connectivity index (χ0n) is 14.2. The fourth-order valence-corrected chi connectivity index (χ4v) is 4.72. The second-order valence-electron chi connectivity index (χ2n) is 7.04. The van der Waals surface area contributed by atoms with E-state index in [1.165, 1.54) is 12.8 Å². The van der Waals surface area contributed by atoms with Crippen molar-refractivity contribution < 1.29 is 4.74 Å². The highest BCUT2D eigenvalue weighted by molar-refractivity contribution is 9.10. The maximum atomic E-state index is 6.44. The molecule has 1 saturated carbocycles. The second kappa shape index (κ2) is 7.37. The summed E-state index contributed by atoms with van der Waals surface area (Å²) in [6, 6.07) is 13.9. The summed E-state index contributed by atoms with van der Waals surface area (Å²) in [7, 11) is 0. The number of hydrogen-bond donors (Lipinski definition) is 2. The van der Waals surface area contributed by atoms with Crippen molar-refractivity contribution in [1.29, 1.82) is 0 Å². The van der Waals surface area contributed by atoms with Gasteiger partial charge in [-0.15, -0.1) is 0 Å². The van der Waals surface area contributed by atoms with E-state index in [0.29, 0.717) is 10.1 Å². The van der Waals surface area contributed by atoms with Crippen LogP contribution in [-0.2, 0) is 0 Å². The first-order valence-electron chi connectivity index (χ1n) is 8.85. The van der Waals surface area contributed by atoms with E-state index in [4.69, 9.17) is 28.6 Å². The van der Waals surface area contributed by atoms with Crippen molar-refractivity contribution in [2.24, 2.45) is 0 Å². The molecule has 0 bridgehead atoms. The Bertz CT molecular complexity index is 821. The van der Waals surface area contributed by atoms with Gasteiger partial charge in [-0.05, 0) is 80.4 Å². The standard InChI is InChI=1S/C20H20BrClN2OS/c21-13-3-8-18-16(11-13)17(12-20(25-18)9-1-2-10-20)24-19(26)23-15-6-4-14(22)5-7-15/h3-8,11,17H,1-2,9-10,12H2,(H2,23,24,26)/t17-/m1/s1. The zero-order chi connectivity index (χ0) is 18.1. The molecular formula is C20H20BrClN2OS. The first-order chi connectivity index (χ1) is 12.5. The molecule has 2 aromatic carbocycles. The molecule has 4 rings (SSSR count). The summed E-state index contributed by atoms with van der Waals surface area (Å²) in [6.45, 7) is 0. The van der Waals surface area contributed by atoms with Crippen LogP contribution in [0.1, 0.15) is 43.7 Å². The van der Waals surface area contributed by atoms with Gasteiger partial charge in [0.05, 0.1) is 6.04 Å². The second-order valence-corrected chi connectivity index (χ2v) is 8.80. The molecule has 3 nitrogen and oxygen atoms in total. The fraction of sp³-hybridized carbons (Fsp3) is 0.350. The van der Waals surface area contributed by atoms with E-state index in [1.807, 2.05) is 30.3 Å². The van der Waals surface area contributed by atoms with Crippen molar-refractivity contribution in [1.82, 2.24) is 5.32 Å². The Hall–Kier alpha value is -1.30. The van der Waals surface area contributed by atoms with Gasteiger partial charge in [0.25, 0.3) is 0 Å². The Balaban J connectivity index is 1.55. The van der Waals surface area contributed by atoms with Gasteiger partial charge in [0.1, 0.15) is 11.4 Å². The minimum atomic E-state index is -0.0611. The molecule has 0 unspecified atom stereocenters. The lowest BCUT2D eigenvalue weighted by molar-refractivity contribution is 0.0398. The van der Waals surface area contributed by atoms with Gasteiger partial charge in [0.15, 0.2) is 5.11 Å². The number of anilines is 1. The first kappa shape index (κ1) is 18.1. The highest BCUT2D eigenvalue weighted by Gasteiger charge is 2.43. The van der Waals surface area contributed by atoms with Crippen LogP contribution in [0.4, 0.5) is 5.69 Å². The van der Waals surface area contributed by atoms with Gasteiger partial charge in [-0.3, -0.25) is 0 Å². The molecule has 0 saturated heterocycles. The molecular weight excluding hydrogens is 432 g/mol. The van der Waals surface area contributed by atoms with Crippen LogP contribution in [0.3, 0.4) is 0 Å². The highest BCUT2D eigenvalue weighted by Crippen LogP contribution is 2.47. The molecule has 2 N–H and O–H groups in total. The zero-order valence-corrected chi connectivity index (χ0v) is 17.4. The number of benzene rings is 2. The predicted molar refractivity (Wildman–Crippen MR) is 114 cm³/mol. The van der Waals surface area contributed by atoms with Gasteiger partial charge >= 0.3 is 0 Å². The lowest BCUT2D eigenvalue weighted by atomic mass is 9.86. The third-order valence-electron chi connectivity index (χ3n) is 5.17. The van der Waals surface area contributed by atoms with Gasteiger partial charge in [0, 0.05) is 27.2 Å². The van der Waals surface area contributed by atoms with E-state index in [0.717, 1.165) is 40.7 Å². The monoisotopic (exact) mass is 450 g/mol. The molecule has 26 heavy (non-hydrogen) atoms. The minimum Gasteiger partial charge on any atom is -0.487 e. The smallest absolute Gasteiger partial charge is 0.171 e. The average molecular weight is 452 g/mol. The van der Waals surface area contributed by atoms with E-state index >= 15 is 0 Å². The van der Waals surface area contributed by atoms with Gasteiger partial charge in [-0.1, -0.05) is 27.5 Å². The van der Waals surface area contributed by atoms with Crippen LogP contribution >= 0.6 is 39.7 Å². The van der Waals surface area contributed by atoms with Crippen LogP contribution in [0.5, 0.6) is 5.75 Å². The maximum Gasteiger partial charge on any atom is 0.171 e. The number of nitrogens with one attached hydrogen (secondary N) is 2. The van der Waals surface area contributed by atoms with Crippen LogP contribution in [-0.4, -0.2) is 10.7 Å². The summed E-state index contributed by atoms with van der Waals surface area (Å²) in [5.74, 6) is 0.966. The molecule has 1 aliphatic heterocycles. The summed E-state index contributed by atoms with van der Waals surface area (Å²) in [4.78, 5) is 0. The van der Waals surface area contributed by atoms with E-state index in [9.17, 15) is 0 Å². The van der Waals surface area contributed by atoms with Gasteiger partial charge in [-0.2, -0.15) is 0 Å². The van der Waals surface area contributed by atoms with E-state index in [-0.39, 0.29) is 11.6 Å². The largest absolute Gasteiger partial charge is 0.487 e. The van der Waals surface area contributed by atoms with Crippen molar-refractivity contribution in [2.75, 3.05) is 5.32 Å². The first-order valence-corrected chi connectivity index (χ1v) is 10.4. The van der Waals surface area contributed by atoms with E-state index < -0.39 is 0 Å². The Kier molecular flexibility index (Phi) is 5.13. The summed E-state index contributed by atoms with van der Waals surface area (Å²) < 4.78 is 7.49. The van der Waals surface area contributed by atoms with Crippen LogP contribution in [0.2, 0.25) is 5.02 Å². The molecule has 1 aliphatic carbocycles. The van der Waals surface area contributed by atoms with Crippen LogP contribution in [0.25, 0.3) is 0 Å². The molecule has 2 aliphatic rings. The molecule has 0 amide bonds. The van der Waals surface area contributed by atoms with Crippen molar-refractivity contribution in [3.63, 3.8) is 0 Å². The number of rotatable bonds is 2. The van der Waals surface area contributed by atoms with Crippen LogP contribution in [0.15, 0.2) is 46.9 Å². The Morgan fingerprint density at radius 2 is 1.88 bits per heavy atom. The molecule has 136 valence electrons. The molecule has 2 aromatic rings. The van der Waals surface area contributed by atoms with Crippen molar-refractivity contribution >= 4 is 50.5 Å². The molecule has 1 heterocycles. The van der Waals surface area contributed by atoms with E-state index in [1.54, 1.807) is 0 Å². The summed E-state index contributed by atoms with van der Waals surface area (Å²) in [5, 5.41) is 8.07. The highest BCUT2D eigenvalue weighted by atomic mass is 79.9. The number of hydrogen-bond acceptors (Lipinski definition) is 2. The number of fused-ring (bicyclic) bond motifs is 1. The molecule has 6 heteroatoms. The van der Waals surface area contributed by atoms with Crippen molar-refractivity contribution in [3.8, 4) is 5.75 Å². The van der Waals surface area contributed by atoms with E-state index in [2.05, 4.69) is 38.7 Å². The average Bonchev–Trinajstić information content (AvgIpc) is 3.05. The van der Waals surface area contributed by atoms with Crippen molar-refractivity contribution in [2.45, 2.75) is 43.7 Å². The molecule has 0 aromatic heterocycles. The van der Waals surface area contributed by atoms with Gasteiger partial charge in [-0.25, -0.2) is 0 Å². The van der Waals surface area contributed by atoms with Crippen LogP contribution < -0.4 is 15.4 Å². The Morgan fingerprint density at radius 3 is 2.62 bits per heavy atom. The molecule has 0 radical (unpaired) electrons. The summed E-state index contributed by atoms with van der Waals surface area (Å²) >= 11 is 15.1. The minimum absolute atomic E-state index is 0.0611. The Morgan fingerprint density at radius 1 is 1.15 bits per heavy atom. The Labute approximate surface area is 172 Å². The number of ether oxygens (including phenoxy) is 1. The molecule has 1 spiro atoms. The summed E-state index contributed by atoms with van der Waals surface area (Å²) in [5.41, 5.74) is 2.01. The molecule has 1 fully saturated rings. The number of thiocarbonyl (C=S) groups is 1. The van der Waals surface area contributed by atoms with Crippen LogP contribution in [0, 0.1) is 0 Å². The topological polar surface area (TPSA) is 33.3 Å². The lowest BCUT2D eigenvalue weighted by Gasteiger charge is -2.40. The predicted octanol–water partition coefficient (Wildman–Crippen LogP) is 6.23. The SMILES string of the molecule is S=C(Nc1ccc(Cl)cc1)N[C@@H]1CC2(CCCC2)Oc2ccc(Br)cc21. The lowest BCUT2D eigenvalue weighted by Crippen LogP contribution is -2.44. The molecule has 1 atom stereocenters. The number of halogens is 2. The van der Waals surface area contributed by atoms with Crippen molar-refractivity contribution in [3.05, 3.63) is 57.5 Å². The fourth-order valence-electron chi connectivity index (χ4n) is 3.95. The quantitative estimate of drug-likeness (QED) is 0.531. The van der Waals surface area contributed by atoms with Gasteiger partial charge < -0.3 is 15.4 Å².